The van der Waals surface area contributed by atoms with Crippen LogP contribution in [0.1, 0.15) is 11.3 Å². The molecule has 0 aliphatic carbocycles. The van der Waals surface area contributed by atoms with Crippen LogP contribution < -0.4 is 5.73 Å². The van der Waals surface area contributed by atoms with Crippen molar-refractivity contribution in [1.82, 2.24) is 14.8 Å². The van der Waals surface area contributed by atoms with Gasteiger partial charge >= 0.3 is 6.18 Å². The topological polar surface area (TPSA) is 59.6 Å². The number of nitrogens with two attached hydrogens (primary N) is 1. The Morgan fingerprint density at radius 2 is 2.00 bits per heavy atom. The zero-order valence-electron chi connectivity index (χ0n) is 11.4. The van der Waals surface area contributed by atoms with Gasteiger partial charge in [0.05, 0.1) is 23.1 Å². The number of aryl methyl sites for hydroxylation is 2. The number of nitrogen functional groups attached to an aromatic ring is 1. The fourth-order valence-corrected chi connectivity index (χ4v) is 2.57. The van der Waals surface area contributed by atoms with E-state index in [1.807, 2.05) is 0 Å². The fourth-order valence-electron chi connectivity index (χ4n) is 2.57. The number of hydrogen-bond donors (Lipinski definition) is 2. The molecule has 2 aromatic heterocycles. The highest BCUT2D eigenvalue weighted by molar-refractivity contribution is 5.99. The summed E-state index contributed by atoms with van der Waals surface area (Å²) in [7, 11) is 1.71. The molecular weight excluding hydrogens is 281 g/mol. The third-order valence-electron chi connectivity index (χ3n) is 3.52. The number of halogens is 3. The van der Waals surface area contributed by atoms with Crippen LogP contribution in [0.3, 0.4) is 0 Å². The van der Waals surface area contributed by atoms with Crippen molar-refractivity contribution in [1.29, 1.82) is 0 Å². The van der Waals surface area contributed by atoms with Crippen molar-refractivity contribution in [2.75, 3.05) is 5.73 Å². The van der Waals surface area contributed by atoms with Crippen LogP contribution in [0, 0.1) is 6.92 Å². The second-order valence-electron chi connectivity index (χ2n) is 4.96. The zero-order chi connectivity index (χ0) is 15.4. The van der Waals surface area contributed by atoms with E-state index in [2.05, 4.69) is 10.1 Å². The molecule has 0 amide bonds. The summed E-state index contributed by atoms with van der Waals surface area (Å²) in [6.45, 7) is 1.80. The predicted octanol–water partition coefficient (Wildman–Crippen LogP) is 3.48. The molecule has 0 aliphatic rings. The number of benzene rings is 1. The molecule has 0 saturated carbocycles. The number of nitrogens with zero attached hydrogens (tertiary/aromatic N) is 2. The van der Waals surface area contributed by atoms with Crippen molar-refractivity contribution in [3.8, 4) is 11.3 Å². The quantitative estimate of drug-likeness (QED) is 0.722. The summed E-state index contributed by atoms with van der Waals surface area (Å²) in [5.74, 6) is 0. The number of nitrogens with one attached hydrogen (secondary N) is 1. The lowest BCUT2D eigenvalue weighted by Gasteiger charge is -2.08. The molecule has 1 aromatic carbocycles. The Hall–Kier alpha value is -2.44. The van der Waals surface area contributed by atoms with E-state index in [1.54, 1.807) is 18.7 Å². The van der Waals surface area contributed by atoms with Crippen LogP contribution in [0.15, 0.2) is 24.4 Å². The van der Waals surface area contributed by atoms with Crippen LogP contribution >= 0.6 is 0 Å². The van der Waals surface area contributed by atoms with Crippen LogP contribution in [0.2, 0.25) is 0 Å². The van der Waals surface area contributed by atoms with Gasteiger partial charge in [-0.05, 0) is 25.1 Å². The van der Waals surface area contributed by atoms with E-state index >= 15 is 0 Å². The SMILES string of the molecule is Cc1[nH]c2ccc(C(F)(F)F)cc2c1-c1c(N)cnn1C. The number of hydrogen-bond acceptors (Lipinski definition) is 2. The standard InChI is InChI=1S/C14H13F3N4/c1-7-12(13-10(18)6-19-21(13)2)9-5-8(14(15,16)17)3-4-11(9)20-7/h3-6,20H,18H2,1-2H3. The van der Waals surface area contributed by atoms with Gasteiger partial charge in [-0.1, -0.05) is 0 Å². The highest BCUT2D eigenvalue weighted by Crippen LogP contribution is 2.38. The molecule has 3 aromatic rings. The first-order chi connectivity index (χ1) is 9.79. The summed E-state index contributed by atoms with van der Waals surface area (Å²) in [4.78, 5) is 3.08. The molecule has 21 heavy (non-hydrogen) atoms. The number of alkyl halides is 3. The molecule has 7 heteroatoms. The molecular formula is C14H13F3N4. The summed E-state index contributed by atoms with van der Waals surface area (Å²) in [6.07, 6.45) is -2.89. The Kier molecular flexibility index (Phi) is 2.76. The Balaban J connectivity index is 2.35. The summed E-state index contributed by atoms with van der Waals surface area (Å²) < 4.78 is 40.3. The minimum absolute atomic E-state index is 0.430. The lowest BCUT2D eigenvalue weighted by atomic mass is 10.0. The van der Waals surface area contributed by atoms with E-state index in [9.17, 15) is 13.2 Å². The maximum absolute atomic E-state index is 12.9. The molecule has 110 valence electrons. The normalized spacial score (nSPS) is 12.2. The molecule has 0 saturated heterocycles. The fraction of sp³-hybridized carbons (Fsp3) is 0.214. The number of aromatic nitrogens is 3. The first-order valence-electron chi connectivity index (χ1n) is 6.26. The Bertz CT molecular complexity index is 807. The van der Waals surface area contributed by atoms with Crippen molar-refractivity contribution >= 4 is 16.6 Å². The minimum atomic E-state index is -4.38. The smallest absolute Gasteiger partial charge is 0.396 e. The molecule has 0 atom stereocenters. The maximum Gasteiger partial charge on any atom is 0.416 e. The summed E-state index contributed by atoms with van der Waals surface area (Å²) >= 11 is 0. The average Bonchev–Trinajstić information content (AvgIpc) is 2.87. The van der Waals surface area contributed by atoms with Crippen molar-refractivity contribution in [3.05, 3.63) is 35.7 Å². The molecule has 3 N–H and O–H groups in total. The molecule has 2 heterocycles. The van der Waals surface area contributed by atoms with Crippen molar-refractivity contribution in [2.24, 2.45) is 7.05 Å². The molecule has 3 rings (SSSR count). The molecule has 0 fully saturated rings. The van der Waals surface area contributed by atoms with Crippen LogP contribution in [0.5, 0.6) is 0 Å². The Labute approximate surface area is 118 Å². The van der Waals surface area contributed by atoms with Gasteiger partial charge in [-0.15, -0.1) is 0 Å². The number of H-pyrrole nitrogens is 1. The molecule has 4 nitrogen and oxygen atoms in total. The van der Waals surface area contributed by atoms with Gasteiger partial charge in [0, 0.05) is 29.2 Å². The molecule has 0 radical (unpaired) electrons. The Morgan fingerprint density at radius 3 is 2.57 bits per heavy atom. The number of fused-ring (bicyclic) bond motifs is 1. The van der Waals surface area contributed by atoms with Crippen molar-refractivity contribution < 1.29 is 13.2 Å². The molecule has 0 bridgehead atoms. The zero-order valence-corrected chi connectivity index (χ0v) is 11.4. The van der Waals surface area contributed by atoms with E-state index in [4.69, 9.17) is 5.73 Å². The number of anilines is 1. The van der Waals surface area contributed by atoms with Crippen LogP contribution in [-0.2, 0) is 13.2 Å². The lowest BCUT2D eigenvalue weighted by Crippen LogP contribution is -2.04. The highest BCUT2D eigenvalue weighted by Gasteiger charge is 2.31. The van der Waals surface area contributed by atoms with Crippen LogP contribution in [0.25, 0.3) is 22.2 Å². The summed E-state index contributed by atoms with van der Waals surface area (Å²) in [5.41, 5.74) is 8.28. The van der Waals surface area contributed by atoms with Gasteiger partial charge in [0.2, 0.25) is 0 Å². The molecule has 0 spiro atoms. The van der Waals surface area contributed by atoms with Crippen LogP contribution in [0.4, 0.5) is 18.9 Å². The second-order valence-corrected chi connectivity index (χ2v) is 4.96. The summed E-state index contributed by atoms with van der Waals surface area (Å²) in [5, 5.41) is 4.53. The monoisotopic (exact) mass is 294 g/mol. The number of rotatable bonds is 1. The second kappa shape index (κ2) is 4.28. The third-order valence-corrected chi connectivity index (χ3v) is 3.52. The van der Waals surface area contributed by atoms with E-state index in [1.165, 1.54) is 12.3 Å². The molecule has 0 unspecified atom stereocenters. The first-order valence-corrected chi connectivity index (χ1v) is 6.26. The maximum atomic E-state index is 12.9. The largest absolute Gasteiger partial charge is 0.416 e. The van der Waals surface area contributed by atoms with Crippen molar-refractivity contribution in [2.45, 2.75) is 13.1 Å². The minimum Gasteiger partial charge on any atom is -0.396 e. The van der Waals surface area contributed by atoms with Gasteiger partial charge in [-0.2, -0.15) is 18.3 Å². The van der Waals surface area contributed by atoms with E-state index in [0.29, 0.717) is 27.8 Å². The third kappa shape index (κ3) is 2.05. The van der Waals surface area contributed by atoms with Gasteiger partial charge in [0.1, 0.15) is 0 Å². The molecule has 0 aliphatic heterocycles. The predicted molar refractivity (Wildman–Crippen MR) is 74.7 cm³/mol. The summed E-state index contributed by atoms with van der Waals surface area (Å²) in [6, 6.07) is 3.64. The van der Waals surface area contributed by atoms with Gasteiger partial charge in [0.15, 0.2) is 0 Å². The average molecular weight is 294 g/mol. The van der Waals surface area contributed by atoms with Gasteiger partial charge in [-0.25, -0.2) is 0 Å². The van der Waals surface area contributed by atoms with E-state index in [-0.39, 0.29) is 0 Å². The van der Waals surface area contributed by atoms with Crippen LogP contribution in [-0.4, -0.2) is 14.8 Å². The van der Waals surface area contributed by atoms with Gasteiger partial charge < -0.3 is 10.7 Å². The van der Waals surface area contributed by atoms with E-state index < -0.39 is 11.7 Å². The number of aromatic amines is 1. The van der Waals surface area contributed by atoms with Crippen molar-refractivity contribution in [3.63, 3.8) is 0 Å². The van der Waals surface area contributed by atoms with Gasteiger partial charge in [-0.3, -0.25) is 4.68 Å². The first kappa shape index (κ1) is 13.5. The van der Waals surface area contributed by atoms with E-state index in [0.717, 1.165) is 17.8 Å². The highest BCUT2D eigenvalue weighted by atomic mass is 19.4. The lowest BCUT2D eigenvalue weighted by molar-refractivity contribution is -0.137. The van der Waals surface area contributed by atoms with Gasteiger partial charge in [0.25, 0.3) is 0 Å². The Morgan fingerprint density at radius 1 is 1.29 bits per heavy atom.